The second-order valence-electron chi connectivity index (χ2n) is 8.19. The van der Waals surface area contributed by atoms with Crippen molar-refractivity contribution >= 4 is 17.9 Å². The highest BCUT2D eigenvalue weighted by atomic mass is 16.6. The minimum absolute atomic E-state index is 0.0202. The number of nitrogens with one attached hydrogen (secondary N) is 2. The smallest absolute Gasteiger partial charge is 0.410 e. The van der Waals surface area contributed by atoms with E-state index in [0.29, 0.717) is 51.0 Å². The molecule has 0 spiro atoms. The van der Waals surface area contributed by atoms with Crippen molar-refractivity contribution < 1.29 is 24.2 Å². The predicted octanol–water partition coefficient (Wildman–Crippen LogP) is 2.28. The molecule has 1 fully saturated rings. The highest BCUT2D eigenvalue weighted by molar-refractivity contribution is 5.94. The van der Waals surface area contributed by atoms with Gasteiger partial charge in [-0.2, -0.15) is 0 Å². The summed E-state index contributed by atoms with van der Waals surface area (Å²) in [5.41, 5.74) is -0.132. The molecule has 160 valence electrons. The minimum Gasteiger partial charge on any atom is -0.508 e. The first kappa shape index (κ1) is 22.5. The number of hydrogen-bond donors (Lipinski definition) is 3. The summed E-state index contributed by atoms with van der Waals surface area (Å²) in [5.74, 6) is -0.354. The van der Waals surface area contributed by atoms with E-state index in [1.54, 1.807) is 17.0 Å². The Balaban J connectivity index is 1.61. The van der Waals surface area contributed by atoms with Crippen LogP contribution in [0.15, 0.2) is 24.3 Å². The first-order valence-corrected chi connectivity index (χ1v) is 9.98. The van der Waals surface area contributed by atoms with Gasteiger partial charge < -0.3 is 25.4 Å². The van der Waals surface area contributed by atoms with Crippen LogP contribution >= 0.6 is 0 Å². The van der Waals surface area contributed by atoms with E-state index >= 15 is 0 Å². The van der Waals surface area contributed by atoms with E-state index in [1.807, 2.05) is 20.8 Å². The third kappa shape index (κ3) is 7.63. The molecule has 1 saturated heterocycles. The van der Waals surface area contributed by atoms with Gasteiger partial charge in [0.05, 0.1) is 0 Å². The van der Waals surface area contributed by atoms with Crippen LogP contribution in [-0.2, 0) is 9.53 Å². The second kappa shape index (κ2) is 10.1. The van der Waals surface area contributed by atoms with Crippen molar-refractivity contribution in [3.05, 3.63) is 29.8 Å². The van der Waals surface area contributed by atoms with Gasteiger partial charge in [-0.25, -0.2) is 4.79 Å². The zero-order valence-electron chi connectivity index (χ0n) is 17.4. The Morgan fingerprint density at radius 2 is 1.79 bits per heavy atom. The SMILES string of the molecule is CC(C)(C)OC(=O)N1CCC(C(=O)NCCCNC(=O)c2cccc(O)c2)CC1. The zero-order chi connectivity index (χ0) is 21.4. The van der Waals surface area contributed by atoms with Crippen molar-refractivity contribution in [3.63, 3.8) is 0 Å². The van der Waals surface area contributed by atoms with Gasteiger partial charge in [-0.05, 0) is 58.2 Å². The summed E-state index contributed by atoms with van der Waals surface area (Å²) in [6.45, 7) is 7.39. The summed E-state index contributed by atoms with van der Waals surface area (Å²) in [6, 6.07) is 6.14. The monoisotopic (exact) mass is 405 g/mol. The van der Waals surface area contributed by atoms with Crippen LogP contribution in [0.25, 0.3) is 0 Å². The summed E-state index contributed by atoms with van der Waals surface area (Å²) in [7, 11) is 0. The Labute approximate surface area is 171 Å². The van der Waals surface area contributed by atoms with E-state index in [0.717, 1.165) is 0 Å². The van der Waals surface area contributed by atoms with Crippen molar-refractivity contribution in [1.29, 1.82) is 0 Å². The maximum atomic E-state index is 12.3. The average Bonchev–Trinajstić information content (AvgIpc) is 2.66. The number of carbonyl (C=O) groups excluding carboxylic acids is 3. The molecule has 8 nitrogen and oxygen atoms in total. The maximum Gasteiger partial charge on any atom is 0.410 e. The Kier molecular flexibility index (Phi) is 7.87. The van der Waals surface area contributed by atoms with Crippen LogP contribution in [0.4, 0.5) is 4.79 Å². The normalized spacial score (nSPS) is 14.9. The lowest BCUT2D eigenvalue weighted by Crippen LogP contribution is -2.45. The standard InChI is InChI=1S/C21H31N3O5/c1-21(2,3)29-20(28)24-12-8-15(9-13-24)18(26)22-10-5-11-23-19(27)16-6-4-7-17(25)14-16/h4,6-7,14-15,25H,5,8-13H2,1-3H3,(H,22,26)(H,23,27). The van der Waals surface area contributed by atoms with Gasteiger partial charge in [-0.3, -0.25) is 9.59 Å². The fourth-order valence-corrected chi connectivity index (χ4v) is 3.05. The molecule has 8 heteroatoms. The molecule has 0 saturated carbocycles. The summed E-state index contributed by atoms with van der Waals surface area (Å²) in [6.07, 6.45) is 1.49. The lowest BCUT2D eigenvalue weighted by molar-refractivity contribution is -0.126. The van der Waals surface area contributed by atoms with Crippen molar-refractivity contribution in [2.75, 3.05) is 26.2 Å². The topological polar surface area (TPSA) is 108 Å². The van der Waals surface area contributed by atoms with E-state index in [2.05, 4.69) is 10.6 Å². The van der Waals surface area contributed by atoms with E-state index in [-0.39, 0.29) is 29.6 Å². The third-order valence-electron chi connectivity index (χ3n) is 4.56. The average molecular weight is 405 g/mol. The second-order valence-corrected chi connectivity index (χ2v) is 8.19. The summed E-state index contributed by atoms with van der Waals surface area (Å²) < 4.78 is 5.36. The predicted molar refractivity (Wildman–Crippen MR) is 109 cm³/mol. The van der Waals surface area contributed by atoms with E-state index in [9.17, 15) is 19.5 Å². The minimum atomic E-state index is -0.526. The lowest BCUT2D eigenvalue weighted by atomic mass is 9.96. The molecule has 29 heavy (non-hydrogen) atoms. The largest absolute Gasteiger partial charge is 0.508 e. The first-order valence-electron chi connectivity index (χ1n) is 9.98. The molecule has 1 aromatic carbocycles. The molecule has 0 aliphatic carbocycles. The number of phenols is 1. The molecule has 1 aromatic rings. The van der Waals surface area contributed by atoms with E-state index < -0.39 is 5.60 Å². The summed E-state index contributed by atoms with van der Waals surface area (Å²) in [4.78, 5) is 38.0. The molecule has 0 bridgehead atoms. The number of ether oxygens (including phenoxy) is 1. The number of phenolic OH excluding ortho intramolecular Hbond substituents is 1. The molecule has 1 aliphatic rings. The van der Waals surface area contributed by atoms with E-state index in [4.69, 9.17) is 4.74 Å². The van der Waals surface area contributed by atoms with Gasteiger partial charge in [0, 0.05) is 37.7 Å². The van der Waals surface area contributed by atoms with Crippen LogP contribution in [0.1, 0.15) is 50.4 Å². The molecule has 1 aliphatic heterocycles. The van der Waals surface area contributed by atoms with Crippen LogP contribution in [-0.4, -0.2) is 59.7 Å². The number of rotatable bonds is 6. The Bertz CT molecular complexity index is 721. The number of piperidine rings is 1. The van der Waals surface area contributed by atoms with Gasteiger partial charge in [-0.15, -0.1) is 0 Å². The Morgan fingerprint density at radius 3 is 2.41 bits per heavy atom. The highest BCUT2D eigenvalue weighted by Gasteiger charge is 2.29. The van der Waals surface area contributed by atoms with Crippen LogP contribution in [0.3, 0.4) is 0 Å². The summed E-state index contributed by atoms with van der Waals surface area (Å²) in [5, 5.41) is 15.0. The Morgan fingerprint density at radius 1 is 1.14 bits per heavy atom. The number of nitrogens with zero attached hydrogens (tertiary/aromatic N) is 1. The van der Waals surface area contributed by atoms with Gasteiger partial charge in [0.2, 0.25) is 5.91 Å². The number of aromatic hydroxyl groups is 1. The van der Waals surface area contributed by atoms with Crippen LogP contribution in [0.2, 0.25) is 0 Å². The van der Waals surface area contributed by atoms with Gasteiger partial charge in [-0.1, -0.05) is 6.07 Å². The third-order valence-corrected chi connectivity index (χ3v) is 4.56. The fraction of sp³-hybridized carbons (Fsp3) is 0.571. The molecule has 1 heterocycles. The summed E-state index contributed by atoms with van der Waals surface area (Å²) >= 11 is 0. The number of carbonyl (C=O) groups is 3. The lowest BCUT2D eigenvalue weighted by Gasteiger charge is -2.32. The number of amides is 3. The fourth-order valence-electron chi connectivity index (χ4n) is 3.05. The molecule has 3 N–H and O–H groups in total. The van der Waals surface area contributed by atoms with Gasteiger partial charge >= 0.3 is 6.09 Å². The van der Waals surface area contributed by atoms with E-state index in [1.165, 1.54) is 12.1 Å². The highest BCUT2D eigenvalue weighted by Crippen LogP contribution is 2.19. The number of likely N-dealkylation sites (tertiary alicyclic amines) is 1. The molecule has 0 unspecified atom stereocenters. The van der Waals surface area contributed by atoms with Crippen molar-refractivity contribution in [1.82, 2.24) is 15.5 Å². The molecule has 3 amide bonds. The molecule has 0 radical (unpaired) electrons. The van der Waals surface area contributed by atoms with Crippen molar-refractivity contribution in [2.24, 2.45) is 5.92 Å². The van der Waals surface area contributed by atoms with Crippen molar-refractivity contribution in [2.45, 2.75) is 45.6 Å². The van der Waals surface area contributed by atoms with Crippen molar-refractivity contribution in [3.8, 4) is 5.75 Å². The number of hydrogen-bond acceptors (Lipinski definition) is 5. The molecular formula is C21H31N3O5. The van der Waals surface area contributed by atoms with Gasteiger partial charge in [0.1, 0.15) is 11.4 Å². The first-order chi connectivity index (χ1) is 13.7. The Hall–Kier alpha value is -2.77. The molecule has 2 rings (SSSR count). The van der Waals surface area contributed by atoms with Gasteiger partial charge in [0.25, 0.3) is 5.91 Å². The quantitative estimate of drug-likeness (QED) is 0.629. The maximum absolute atomic E-state index is 12.3. The number of benzene rings is 1. The zero-order valence-corrected chi connectivity index (χ0v) is 17.4. The van der Waals surface area contributed by atoms with Crippen LogP contribution in [0, 0.1) is 5.92 Å². The van der Waals surface area contributed by atoms with Crippen LogP contribution < -0.4 is 10.6 Å². The molecule has 0 atom stereocenters. The van der Waals surface area contributed by atoms with Crippen LogP contribution in [0.5, 0.6) is 5.75 Å². The molecular weight excluding hydrogens is 374 g/mol. The van der Waals surface area contributed by atoms with Gasteiger partial charge in [0.15, 0.2) is 0 Å². The molecule has 0 aromatic heterocycles.